The average Bonchev–Trinajstić information content (AvgIpc) is 3.05. The van der Waals surface area contributed by atoms with Crippen LogP contribution in [-0.4, -0.2) is 19.5 Å². The second kappa shape index (κ2) is 5.99. The van der Waals surface area contributed by atoms with Crippen LogP contribution in [0.25, 0.3) is 21.3 Å². The van der Waals surface area contributed by atoms with E-state index in [1.54, 1.807) is 11.6 Å². The van der Waals surface area contributed by atoms with Crippen LogP contribution in [-0.2, 0) is 12.8 Å². The van der Waals surface area contributed by atoms with Crippen LogP contribution in [0.2, 0.25) is 0 Å². The first-order valence-electron chi connectivity index (χ1n) is 7.43. The van der Waals surface area contributed by atoms with E-state index in [9.17, 15) is 4.79 Å². The van der Waals surface area contributed by atoms with E-state index in [1.807, 2.05) is 42.6 Å². The zero-order valence-electron chi connectivity index (χ0n) is 13.2. The molecule has 7 heteroatoms. The van der Waals surface area contributed by atoms with Crippen molar-refractivity contribution in [3.05, 3.63) is 57.5 Å². The molecule has 3 aromatic heterocycles. The van der Waals surface area contributed by atoms with E-state index in [1.165, 1.54) is 23.1 Å². The lowest BCUT2D eigenvalue weighted by molar-refractivity contribution is 0.727. The van der Waals surface area contributed by atoms with Crippen molar-refractivity contribution >= 4 is 44.3 Å². The van der Waals surface area contributed by atoms with Crippen LogP contribution >= 0.6 is 23.1 Å². The number of para-hydroxylation sites is 2. The highest BCUT2D eigenvalue weighted by Crippen LogP contribution is 2.24. The molecule has 3 heterocycles. The third kappa shape index (κ3) is 2.59. The zero-order chi connectivity index (χ0) is 16.7. The summed E-state index contributed by atoms with van der Waals surface area (Å²) in [4.78, 5) is 26.3. The van der Waals surface area contributed by atoms with Crippen molar-refractivity contribution in [3.63, 3.8) is 0 Å². The van der Waals surface area contributed by atoms with Crippen LogP contribution in [0.15, 0.2) is 45.7 Å². The third-order valence-electron chi connectivity index (χ3n) is 3.83. The first-order valence-corrected chi connectivity index (χ1v) is 9.29. The Morgan fingerprint density at radius 1 is 1.08 bits per heavy atom. The summed E-state index contributed by atoms with van der Waals surface area (Å²) < 4.78 is 2.30. The number of thiophene rings is 1. The monoisotopic (exact) mass is 354 g/mol. The fourth-order valence-corrected chi connectivity index (χ4v) is 4.28. The molecule has 0 spiro atoms. The summed E-state index contributed by atoms with van der Waals surface area (Å²) in [6.45, 7) is 1.96. The van der Waals surface area contributed by atoms with E-state index in [2.05, 4.69) is 9.97 Å². The van der Waals surface area contributed by atoms with Gasteiger partial charge in [0.25, 0.3) is 5.56 Å². The van der Waals surface area contributed by atoms with Crippen LogP contribution in [0.3, 0.4) is 0 Å². The number of thioether (sulfide) groups is 1. The summed E-state index contributed by atoms with van der Waals surface area (Å²) in [7, 11) is 1.76. The SMILES string of the molecule is Cc1nc2ccccc2nc1CSc1nc2ccsc2c(=O)n1C. The van der Waals surface area contributed by atoms with Crippen LogP contribution < -0.4 is 5.56 Å². The third-order valence-corrected chi connectivity index (χ3v) is 5.76. The number of nitrogens with zero attached hydrogens (tertiary/aromatic N) is 4. The molecular weight excluding hydrogens is 340 g/mol. The zero-order valence-corrected chi connectivity index (χ0v) is 14.8. The van der Waals surface area contributed by atoms with Crippen molar-refractivity contribution in [2.45, 2.75) is 17.8 Å². The van der Waals surface area contributed by atoms with Crippen molar-refractivity contribution < 1.29 is 0 Å². The van der Waals surface area contributed by atoms with Crippen molar-refractivity contribution in [2.24, 2.45) is 7.05 Å². The number of fused-ring (bicyclic) bond motifs is 2. The maximum Gasteiger partial charge on any atom is 0.271 e. The van der Waals surface area contributed by atoms with Crippen LogP contribution in [0, 0.1) is 6.92 Å². The summed E-state index contributed by atoms with van der Waals surface area (Å²) in [5.41, 5.74) is 4.36. The average molecular weight is 354 g/mol. The standard InChI is InChI=1S/C17H14N4OS2/c1-10-14(19-12-6-4-3-5-11(12)18-10)9-24-17-20-13-7-8-23-15(13)16(22)21(17)2/h3-8H,9H2,1-2H3. The first-order chi connectivity index (χ1) is 11.6. The lowest BCUT2D eigenvalue weighted by Crippen LogP contribution is -2.18. The lowest BCUT2D eigenvalue weighted by atomic mass is 10.2. The van der Waals surface area contributed by atoms with Gasteiger partial charge in [-0.25, -0.2) is 15.0 Å². The predicted octanol–water partition coefficient (Wildman–Crippen LogP) is 3.54. The van der Waals surface area contributed by atoms with Gasteiger partial charge in [0.05, 0.1) is 27.9 Å². The minimum absolute atomic E-state index is 0.00109. The minimum atomic E-state index is -0.00109. The molecule has 0 aliphatic rings. The van der Waals surface area contributed by atoms with Crippen molar-refractivity contribution in [3.8, 4) is 0 Å². The molecule has 120 valence electrons. The predicted molar refractivity (Wildman–Crippen MR) is 98.7 cm³/mol. The van der Waals surface area contributed by atoms with Gasteiger partial charge in [-0.2, -0.15) is 0 Å². The number of rotatable bonds is 3. The van der Waals surface area contributed by atoms with Gasteiger partial charge in [-0.1, -0.05) is 23.9 Å². The summed E-state index contributed by atoms with van der Waals surface area (Å²) in [6.07, 6.45) is 0. The highest BCUT2D eigenvalue weighted by Gasteiger charge is 2.12. The molecule has 0 atom stereocenters. The van der Waals surface area contributed by atoms with Gasteiger partial charge in [0.1, 0.15) is 4.70 Å². The molecule has 5 nitrogen and oxygen atoms in total. The molecule has 0 fully saturated rings. The van der Waals surface area contributed by atoms with Gasteiger partial charge >= 0.3 is 0 Å². The molecule has 4 aromatic rings. The summed E-state index contributed by atoms with van der Waals surface area (Å²) in [5, 5.41) is 2.59. The van der Waals surface area contributed by atoms with E-state index in [0.29, 0.717) is 15.6 Å². The van der Waals surface area contributed by atoms with E-state index < -0.39 is 0 Å². The number of aromatic nitrogens is 4. The minimum Gasteiger partial charge on any atom is -0.290 e. The van der Waals surface area contributed by atoms with E-state index in [0.717, 1.165) is 27.9 Å². The Labute approximate surface area is 146 Å². The highest BCUT2D eigenvalue weighted by atomic mass is 32.2. The van der Waals surface area contributed by atoms with Gasteiger partial charge in [0, 0.05) is 12.8 Å². The number of hydrogen-bond donors (Lipinski definition) is 0. The Bertz CT molecular complexity index is 1120. The van der Waals surface area contributed by atoms with Gasteiger partial charge in [0.2, 0.25) is 0 Å². The van der Waals surface area contributed by atoms with Gasteiger partial charge in [0.15, 0.2) is 5.16 Å². The van der Waals surface area contributed by atoms with Gasteiger partial charge < -0.3 is 0 Å². The van der Waals surface area contributed by atoms with Crippen molar-refractivity contribution in [2.75, 3.05) is 0 Å². The van der Waals surface area contributed by atoms with E-state index in [-0.39, 0.29) is 5.56 Å². The van der Waals surface area contributed by atoms with Crippen molar-refractivity contribution in [1.82, 2.24) is 19.5 Å². The topological polar surface area (TPSA) is 60.7 Å². The molecule has 0 aliphatic carbocycles. The summed E-state index contributed by atoms with van der Waals surface area (Å²) in [6, 6.07) is 9.72. The summed E-state index contributed by atoms with van der Waals surface area (Å²) in [5.74, 6) is 0.625. The fourth-order valence-electron chi connectivity index (χ4n) is 2.49. The largest absolute Gasteiger partial charge is 0.290 e. The second-order valence-electron chi connectivity index (χ2n) is 5.43. The normalized spacial score (nSPS) is 11.4. The number of aryl methyl sites for hydroxylation is 1. The number of hydrogen-bond acceptors (Lipinski definition) is 6. The smallest absolute Gasteiger partial charge is 0.271 e. The molecule has 0 N–H and O–H groups in total. The fraction of sp³-hybridized carbons (Fsp3) is 0.176. The quantitative estimate of drug-likeness (QED) is 0.416. The molecule has 24 heavy (non-hydrogen) atoms. The maximum absolute atomic E-state index is 12.4. The molecule has 0 aliphatic heterocycles. The maximum atomic E-state index is 12.4. The van der Waals surface area contributed by atoms with E-state index >= 15 is 0 Å². The lowest BCUT2D eigenvalue weighted by Gasteiger charge is -2.09. The summed E-state index contributed by atoms with van der Waals surface area (Å²) >= 11 is 2.94. The molecule has 0 saturated heterocycles. The Morgan fingerprint density at radius 3 is 2.62 bits per heavy atom. The molecule has 0 unspecified atom stereocenters. The van der Waals surface area contributed by atoms with Gasteiger partial charge in [-0.15, -0.1) is 11.3 Å². The molecular formula is C17H14N4OS2. The van der Waals surface area contributed by atoms with E-state index in [4.69, 9.17) is 4.98 Å². The van der Waals surface area contributed by atoms with Gasteiger partial charge in [-0.3, -0.25) is 9.36 Å². The molecule has 0 saturated carbocycles. The Balaban J connectivity index is 1.69. The molecule has 0 bridgehead atoms. The Kier molecular flexibility index (Phi) is 3.82. The first kappa shape index (κ1) is 15.3. The van der Waals surface area contributed by atoms with Crippen molar-refractivity contribution in [1.29, 1.82) is 0 Å². The molecule has 1 aromatic carbocycles. The van der Waals surface area contributed by atoms with Crippen LogP contribution in [0.4, 0.5) is 0 Å². The Hall–Kier alpha value is -2.25. The molecule has 0 amide bonds. The van der Waals surface area contributed by atoms with Crippen LogP contribution in [0.5, 0.6) is 0 Å². The molecule has 4 rings (SSSR count). The molecule has 0 radical (unpaired) electrons. The van der Waals surface area contributed by atoms with Crippen LogP contribution in [0.1, 0.15) is 11.4 Å². The number of benzene rings is 1. The highest BCUT2D eigenvalue weighted by molar-refractivity contribution is 7.98. The Morgan fingerprint density at radius 2 is 1.83 bits per heavy atom. The second-order valence-corrected chi connectivity index (χ2v) is 7.29. The van der Waals surface area contributed by atoms with Gasteiger partial charge in [-0.05, 0) is 30.5 Å².